The van der Waals surface area contributed by atoms with E-state index in [-0.39, 0.29) is 0 Å². The summed E-state index contributed by atoms with van der Waals surface area (Å²) < 4.78 is 5.55. The predicted octanol–water partition coefficient (Wildman–Crippen LogP) is 3.88. The number of carbonyl (C=O) groups is 1. The number of primary amides is 1. The molecule has 5 heteroatoms. The monoisotopic (exact) mass is 281 g/mol. The van der Waals surface area contributed by atoms with Crippen LogP contribution in [0.3, 0.4) is 0 Å². The standard InChI is InChI=1S/C13H9Cl2NO2/c14-11-6-5-10(7-12(11)15)18-9-3-1-8(2-4-9)13(16)17/h1-7H,(H2,16,17). The average molecular weight is 282 g/mol. The molecule has 0 bridgehead atoms. The minimum absolute atomic E-state index is 0.419. The van der Waals surface area contributed by atoms with Crippen molar-refractivity contribution in [1.82, 2.24) is 0 Å². The summed E-state index contributed by atoms with van der Waals surface area (Å²) in [5.74, 6) is 0.672. The zero-order valence-corrected chi connectivity index (χ0v) is 10.7. The average Bonchev–Trinajstić information content (AvgIpc) is 2.34. The topological polar surface area (TPSA) is 52.3 Å². The molecule has 0 aromatic heterocycles. The van der Waals surface area contributed by atoms with Gasteiger partial charge in [-0.15, -0.1) is 0 Å². The van der Waals surface area contributed by atoms with Crippen molar-refractivity contribution in [2.45, 2.75) is 0 Å². The summed E-state index contributed by atoms with van der Waals surface area (Å²) in [6.45, 7) is 0. The Morgan fingerprint density at radius 3 is 2.11 bits per heavy atom. The van der Waals surface area contributed by atoms with Gasteiger partial charge in [-0.25, -0.2) is 0 Å². The number of halogens is 2. The van der Waals surface area contributed by atoms with E-state index in [1.165, 1.54) is 0 Å². The van der Waals surface area contributed by atoms with Gasteiger partial charge in [0.05, 0.1) is 10.0 Å². The highest BCUT2D eigenvalue weighted by Crippen LogP contribution is 2.29. The summed E-state index contributed by atoms with van der Waals surface area (Å²) in [4.78, 5) is 10.9. The molecule has 1 amide bonds. The van der Waals surface area contributed by atoms with E-state index in [2.05, 4.69) is 0 Å². The maximum atomic E-state index is 10.9. The van der Waals surface area contributed by atoms with Gasteiger partial charge in [0, 0.05) is 11.6 Å². The molecular weight excluding hydrogens is 273 g/mol. The lowest BCUT2D eigenvalue weighted by atomic mass is 10.2. The molecule has 0 saturated carbocycles. The van der Waals surface area contributed by atoms with Crippen LogP contribution in [-0.2, 0) is 0 Å². The maximum absolute atomic E-state index is 10.9. The molecule has 0 saturated heterocycles. The van der Waals surface area contributed by atoms with Gasteiger partial charge in [0.25, 0.3) is 0 Å². The quantitative estimate of drug-likeness (QED) is 0.928. The van der Waals surface area contributed by atoms with Gasteiger partial charge in [0.1, 0.15) is 11.5 Å². The minimum Gasteiger partial charge on any atom is -0.457 e. The molecule has 3 nitrogen and oxygen atoms in total. The summed E-state index contributed by atoms with van der Waals surface area (Å²) in [6.07, 6.45) is 0. The van der Waals surface area contributed by atoms with Gasteiger partial charge in [0.2, 0.25) is 5.91 Å². The van der Waals surface area contributed by atoms with Crippen molar-refractivity contribution in [3.8, 4) is 11.5 Å². The maximum Gasteiger partial charge on any atom is 0.248 e. The highest BCUT2D eigenvalue weighted by Gasteiger charge is 2.03. The molecular formula is C13H9Cl2NO2. The van der Waals surface area contributed by atoms with E-state index < -0.39 is 5.91 Å². The van der Waals surface area contributed by atoms with E-state index in [0.29, 0.717) is 27.1 Å². The van der Waals surface area contributed by atoms with E-state index in [0.717, 1.165) is 0 Å². The van der Waals surface area contributed by atoms with Crippen LogP contribution in [-0.4, -0.2) is 5.91 Å². The van der Waals surface area contributed by atoms with Crippen molar-refractivity contribution in [3.05, 3.63) is 58.1 Å². The third-order valence-corrected chi connectivity index (χ3v) is 3.00. The Hall–Kier alpha value is -1.71. The first-order chi connectivity index (χ1) is 8.56. The number of ether oxygens (including phenoxy) is 1. The normalized spacial score (nSPS) is 10.1. The Morgan fingerprint density at radius 2 is 1.56 bits per heavy atom. The Labute approximate surface area is 114 Å². The van der Waals surface area contributed by atoms with E-state index in [1.807, 2.05) is 0 Å². The lowest BCUT2D eigenvalue weighted by Gasteiger charge is -2.06. The van der Waals surface area contributed by atoms with Gasteiger partial charge in [-0.1, -0.05) is 23.2 Å². The second kappa shape index (κ2) is 5.29. The lowest BCUT2D eigenvalue weighted by molar-refractivity contribution is 0.100. The van der Waals surface area contributed by atoms with Gasteiger partial charge in [-0.05, 0) is 36.4 Å². The Morgan fingerprint density at radius 1 is 0.944 bits per heavy atom. The summed E-state index contributed by atoms with van der Waals surface area (Å²) in [7, 11) is 0. The molecule has 18 heavy (non-hydrogen) atoms. The third kappa shape index (κ3) is 2.94. The molecule has 0 aliphatic rings. The number of rotatable bonds is 3. The first-order valence-electron chi connectivity index (χ1n) is 5.09. The molecule has 2 rings (SSSR count). The molecule has 0 unspecified atom stereocenters. The van der Waals surface area contributed by atoms with Gasteiger partial charge in [-0.3, -0.25) is 4.79 Å². The zero-order valence-electron chi connectivity index (χ0n) is 9.19. The number of amides is 1. The first kappa shape index (κ1) is 12.7. The smallest absolute Gasteiger partial charge is 0.248 e. The molecule has 0 aliphatic carbocycles. The van der Waals surface area contributed by atoms with Gasteiger partial charge >= 0.3 is 0 Å². The van der Waals surface area contributed by atoms with Crippen molar-refractivity contribution in [1.29, 1.82) is 0 Å². The lowest BCUT2D eigenvalue weighted by Crippen LogP contribution is -2.10. The van der Waals surface area contributed by atoms with Gasteiger partial charge < -0.3 is 10.5 Å². The Balaban J connectivity index is 2.18. The fraction of sp³-hybridized carbons (Fsp3) is 0. The van der Waals surface area contributed by atoms with Crippen LogP contribution >= 0.6 is 23.2 Å². The van der Waals surface area contributed by atoms with Crippen LogP contribution in [0.25, 0.3) is 0 Å². The van der Waals surface area contributed by atoms with Crippen LogP contribution in [0.4, 0.5) is 0 Å². The molecule has 0 fully saturated rings. The number of hydrogen-bond donors (Lipinski definition) is 1. The Bertz CT molecular complexity index is 582. The summed E-state index contributed by atoms with van der Waals surface area (Å²) >= 11 is 11.7. The SMILES string of the molecule is NC(=O)c1ccc(Oc2ccc(Cl)c(Cl)c2)cc1. The second-order valence-electron chi connectivity index (χ2n) is 3.57. The molecule has 0 radical (unpaired) electrons. The van der Waals surface area contributed by atoms with Crippen molar-refractivity contribution >= 4 is 29.1 Å². The van der Waals surface area contributed by atoms with Gasteiger partial charge in [-0.2, -0.15) is 0 Å². The second-order valence-corrected chi connectivity index (χ2v) is 4.38. The Kier molecular flexibility index (Phi) is 3.75. The van der Waals surface area contributed by atoms with Crippen LogP contribution < -0.4 is 10.5 Å². The summed E-state index contributed by atoms with van der Waals surface area (Å²) in [5, 5.41) is 0.885. The highest BCUT2D eigenvalue weighted by molar-refractivity contribution is 6.42. The molecule has 2 N–H and O–H groups in total. The van der Waals surface area contributed by atoms with E-state index >= 15 is 0 Å². The molecule has 0 atom stereocenters. The summed E-state index contributed by atoms with van der Waals surface area (Å²) in [6, 6.07) is 11.5. The van der Waals surface area contributed by atoms with Crippen molar-refractivity contribution in [2.75, 3.05) is 0 Å². The fourth-order valence-electron chi connectivity index (χ4n) is 1.36. The third-order valence-electron chi connectivity index (χ3n) is 2.27. The molecule has 0 spiro atoms. The molecule has 2 aromatic carbocycles. The van der Waals surface area contributed by atoms with E-state index in [9.17, 15) is 4.79 Å². The fourth-order valence-corrected chi connectivity index (χ4v) is 1.65. The van der Waals surface area contributed by atoms with E-state index in [1.54, 1.807) is 42.5 Å². The van der Waals surface area contributed by atoms with Crippen LogP contribution in [0.1, 0.15) is 10.4 Å². The number of hydrogen-bond acceptors (Lipinski definition) is 2. The van der Waals surface area contributed by atoms with Crippen LogP contribution in [0.2, 0.25) is 10.0 Å². The van der Waals surface area contributed by atoms with E-state index in [4.69, 9.17) is 33.7 Å². The summed E-state index contributed by atoms with van der Waals surface area (Å²) in [5.41, 5.74) is 5.57. The van der Waals surface area contributed by atoms with Crippen LogP contribution in [0, 0.1) is 0 Å². The van der Waals surface area contributed by atoms with Crippen molar-refractivity contribution in [2.24, 2.45) is 5.73 Å². The minimum atomic E-state index is -0.476. The molecule has 92 valence electrons. The number of nitrogens with two attached hydrogens (primary N) is 1. The van der Waals surface area contributed by atoms with Crippen molar-refractivity contribution < 1.29 is 9.53 Å². The number of carbonyl (C=O) groups excluding carboxylic acids is 1. The van der Waals surface area contributed by atoms with Crippen LogP contribution in [0.15, 0.2) is 42.5 Å². The molecule has 0 heterocycles. The predicted molar refractivity (Wildman–Crippen MR) is 71.5 cm³/mol. The molecule has 0 aliphatic heterocycles. The molecule has 2 aromatic rings. The number of benzene rings is 2. The largest absolute Gasteiger partial charge is 0.457 e. The van der Waals surface area contributed by atoms with Crippen LogP contribution in [0.5, 0.6) is 11.5 Å². The van der Waals surface area contributed by atoms with Gasteiger partial charge in [0.15, 0.2) is 0 Å². The first-order valence-corrected chi connectivity index (χ1v) is 5.84. The highest BCUT2D eigenvalue weighted by atomic mass is 35.5. The zero-order chi connectivity index (χ0) is 13.1. The van der Waals surface area contributed by atoms with Crippen molar-refractivity contribution in [3.63, 3.8) is 0 Å².